The molecular weight excluding hydrogens is 320 g/mol. The average molecular weight is 361 g/mol. The van der Waals surface area contributed by atoms with Gasteiger partial charge in [-0.3, -0.25) is 4.79 Å². The molecule has 0 aliphatic carbocycles. The molecule has 0 bridgehead atoms. The van der Waals surface area contributed by atoms with E-state index in [4.69, 9.17) is 5.11 Å². The fourth-order valence-corrected chi connectivity index (χ4v) is 2.67. The molecule has 0 spiro atoms. The molecule has 0 rings (SSSR count). The summed E-state index contributed by atoms with van der Waals surface area (Å²) in [5.74, 6) is 0.524. The second-order valence-corrected chi connectivity index (χ2v) is 7.31. The van der Waals surface area contributed by atoms with Crippen LogP contribution in [-0.2, 0) is 4.79 Å². The molecule has 0 saturated carbocycles. The van der Waals surface area contributed by atoms with Gasteiger partial charge in [-0.2, -0.15) is 0 Å². The summed E-state index contributed by atoms with van der Waals surface area (Å²) in [5.41, 5.74) is 0. The van der Waals surface area contributed by atoms with Gasteiger partial charge in [-0.1, -0.05) is 95.1 Å². The Kier molecular flexibility index (Phi) is 17.1. The van der Waals surface area contributed by atoms with Gasteiger partial charge in [0, 0.05) is 6.42 Å². The predicted molar refractivity (Wildman–Crippen MR) is 114 cm³/mol. The fraction of sp³-hybridized carbons (Fsp3) is 0.625. The first-order valence-corrected chi connectivity index (χ1v) is 10.4. The maximum atomic E-state index is 10.4. The lowest BCUT2D eigenvalue weighted by Crippen LogP contribution is -1.93. The molecule has 0 saturated heterocycles. The minimum atomic E-state index is -0.688. The lowest BCUT2D eigenvalue weighted by Gasteiger charge is -2.03. The highest BCUT2D eigenvalue weighted by atomic mass is 16.4. The van der Waals surface area contributed by atoms with Crippen molar-refractivity contribution >= 4 is 5.97 Å². The summed E-state index contributed by atoms with van der Waals surface area (Å²) in [6, 6.07) is 0. The van der Waals surface area contributed by atoms with Crippen LogP contribution in [0.2, 0.25) is 0 Å². The third-order valence-corrected chi connectivity index (χ3v) is 4.41. The van der Waals surface area contributed by atoms with Crippen molar-refractivity contribution < 1.29 is 9.90 Å². The largest absolute Gasteiger partial charge is 0.481 e. The van der Waals surface area contributed by atoms with Gasteiger partial charge in [-0.25, -0.2) is 0 Å². The van der Waals surface area contributed by atoms with Crippen LogP contribution in [0.3, 0.4) is 0 Å². The number of rotatable bonds is 16. The maximum Gasteiger partial charge on any atom is 0.303 e. The SMILES string of the molecule is CCCCCC(C)C=CC=CC=CC(C)CC=CCCCCCC(=O)O. The van der Waals surface area contributed by atoms with Crippen LogP contribution < -0.4 is 0 Å². The van der Waals surface area contributed by atoms with Crippen LogP contribution in [0.25, 0.3) is 0 Å². The van der Waals surface area contributed by atoms with Crippen molar-refractivity contribution in [3.8, 4) is 0 Å². The summed E-state index contributed by atoms with van der Waals surface area (Å²) in [5, 5.41) is 8.57. The summed E-state index contributed by atoms with van der Waals surface area (Å²) >= 11 is 0. The maximum absolute atomic E-state index is 10.4. The molecule has 148 valence electrons. The van der Waals surface area contributed by atoms with E-state index in [2.05, 4.69) is 69.4 Å². The van der Waals surface area contributed by atoms with E-state index in [1.165, 1.54) is 25.7 Å². The van der Waals surface area contributed by atoms with E-state index < -0.39 is 5.97 Å². The van der Waals surface area contributed by atoms with Crippen LogP contribution in [0.5, 0.6) is 0 Å². The molecule has 0 radical (unpaired) electrons. The Morgan fingerprint density at radius 3 is 2.19 bits per heavy atom. The Balaban J connectivity index is 3.73. The Bertz CT molecular complexity index is 443. The number of carboxylic acid groups (broad SMARTS) is 1. The molecule has 2 nitrogen and oxygen atoms in total. The van der Waals surface area contributed by atoms with Gasteiger partial charge in [0.2, 0.25) is 0 Å². The second-order valence-electron chi connectivity index (χ2n) is 7.31. The van der Waals surface area contributed by atoms with Gasteiger partial charge in [-0.15, -0.1) is 0 Å². The standard InChI is InChI=1S/C24H40O2/c1-4-5-12-17-22(2)19-14-10-11-15-20-23(3)18-13-8-6-7-9-16-21-24(25)26/h8,10-11,13-15,19-20,22-23H,4-7,9,12,16-18,21H2,1-3H3,(H,25,26). The minimum Gasteiger partial charge on any atom is -0.481 e. The number of carbonyl (C=O) groups is 1. The Morgan fingerprint density at radius 2 is 1.54 bits per heavy atom. The zero-order chi connectivity index (χ0) is 19.5. The van der Waals surface area contributed by atoms with Gasteiger partial charge in [0.25, 0.3) is 0 Å². The second kappa shape index (κ2) is 18.2. The molecule has 0 aliphatic heterocycles. The van der Waals surface area contributed by atoms with E-state index in [-0.39, 0.29) is 0 Å². The molecule has 0 amide bonds. The Morgan fingerprint density at radius 1 is 0.846 bits per heavy atom. The van der Waals surface area contributed by atoms with Crippen molar-refractivity contribution in [3.63, 3.8) is 0 Å². The first kappa shape index (κ1) is 24.4. The van der Waals surface area contributed by atoms with Crippen molar-refractivity contribution in [1.82, 2.24) is 0 Å². The third-order valence-electron chi connectivity index (χ3n) is 4.41. The topological polar surface area (TPSA) is 37.3 Å². The van der Waals surface area contributed by atoms with E-state index in [1.54, 1.807) is 0 Å². The van der Waals surface area contributed by atoms with Crippen LogP contribution in [0.1, 0.15) is 85.0 Å². The molecule has 2 heteroatoms. The van der Waals surface area contributed by atoms with Crippen molar-refractivity contribution in [1.29, 1.82) is 0 Å². The highest BCUT2D eigenvalue weighted by Gasteiger charge is 1.96. The van der Waals surface area contributed by atoms with Crippen molar-refractivity contribution in [2.45, 2.75) is 85.0 Å². The van der Waals surface area contributed by atoms with E-state index >= 15 is 0 Å². The van der Waals surface area contributed by atoms with Crippen LogP contribution in [0.15, 0.2) is 48.6 Å². The number of aliphatic carboxylic acids is 1. The zero-order valence-corrected chi connectivity index (χ0v) is 17.2. The Labute approximate surface area is 161 Å². The lowest BCUT2D eigenvalue weighted by atomic mass is 10.0. The van der Waals surface area contributed by atoms with Gasteiger partial charge in [0.05, 0.1) is 0 Å². The van der Waals surface area contributed by atoms with Gasteiger partial charge >= 0.3 is 5.97 Å². The normalized spacial score (nSPS) is 14.9. The molecule has 0 aromatic rings. The van der Waals surface area contributed by atoms with Crippen LogP contribution in [0, 0.1) is 11.8 Å². The predicted octanol–water partition coefficient (Wildman–Crippen LogP) is 7.49. The average Bonchev–Trinajstić information content (AvgIpc) is 2.60. The molecule has 0 heterocycles. The summed E-state index contributed by atoms with van der Waals surface area (Å²) in [4.78, 5) is 10.4. The fourth-order valence-electron chi connectivity index (χ4n) is 2.67. The molecule has 0 fully saturated rings. The molecule has 0 aromatic carbocycles. The number of hydrogen-bond donors (Lipinski definition) is 1. The highest BCUT2D eigenvalue weighted by molar-refractivity contribution is 5.66. The van der Waals surface area contributed by atoms with Gasteiger partial charge in [0.1, 0.15) is 0 Å². The van der Waals surface area contributed by atoms with Crippen LogP contribution in [-0.4, -0.2) is 11.1 Å². The van der Waals surface area contributed by atoms with Crippen molar-refractivity contribution in [2.24, 2.45) is 11.8 Å². The van der Waals surface area contributed by atoms with E-state index in [1.807, 2.05) is 0 Å². The highest BCUT2D eigenvalue weighted by Crippen LogP contribution is 2.10. The number of unbranched alkanes of at least 4 members (excludes halogenated alkanes) is 5. The summed E-state index contributed by atoms with van der Waals surface area (Å²) in [6.45, 7) is 6.76. The molecule has 0 aliphatic rings. The van der Waals surface area contributed by atoms with E-state index in [0.29, 0.717) is 18.3 Å². The number of allylic oxidation sites excluding steroid dienone is 8. The molecule has 26 heavy (non-hydrogen) atoms. The molecule has 2 atom stereocenters. The summed E-state index contributed by atoms with van der Waals surface area (Å²) < 4.78 is 0. The minimum absolute atomic E-state index is 0.298. The van der Waals surface area contributed by atoms with Gasteiger partial charge in [-0.05, 0) is 43.9 Å². The van der Waals surface area contributed by atoms with Gasteiger partial charge in [0.15, 0.2) is 0 Å². The zero-order valence-electron chi connectivity index (χ0n) is 17.2. The van der Waals surface area contributed by atoms with E-state index in [0.717, 1.165) is 32.1 Å². The van der Waals surface area contributed by atoms with Crippen molar-refractivity contribution in [3.05, 3.63) is 48.6 Å². The number of hydrogen-bond acceptors (Lipinski definition) is 1. The molecular formula is C24H40O2. The van der Waals surface area contributed by atoms with Crippen molar-refractivity contribution in [2.75, 3.05) is 0 Å². The first-order valence-electron chi connectivity index (χ1n) is 10.4. The quantitative estimate of drug-likeness (QED) is 0.176. The smallest absolute Gasteiger partial charge is 0.303 e. The molecule has 1 N–H and O–H groups in total. The monoisotopic (exact) mass is 360 g/mol. The molecule has 2 unspecified atom stereocenters. The van der Waals surface area contributed by atoms with Crippen LogP contribution >= 0.6 is 0 Å². The Hall–Kier alpha value is -1.57. The number of carboxylic acids is 1. The third kappa shape index (κ3) is 18.8. The van der Waals surface area contributed by atoms with Crippen LogP contribution in [0.4, 0.5) is 0 Å². The first-order chi connectivity index (χ1) is 12.6. The summed E-state index contributed by atoms with van der Waals surface area (Å²) in [6.07, 6.45) is 28.1. The van der Waals surface area contributed by atoms with E-state index in [9.17, 15) is 4.79 Å². The summed E-state index contributed by atoms with van der Waals surface area (Å²) in [7, 11) is 0. The van der Waals surface area contributed by atoms with Gasteiger partial charge < -0.3 is 5.11 Å². The lowest BCUT2D eigenvalue weighted by molar-refractivity contribution is -0.137. The molecule has 0 aromatic heterocycles.